The van der Waals surface area contributed by atoms with Crippen LogP contribution < -0.4 is 11.1 Å². The van der Waals surface area contributed by atoms with Crippen molar-refractivity contribution < 1.29 is 9.59 Å². The fraction of sp³-hybridized carbons (Fsp3) is 0.500. The zero-order valence-electron chi connectivity index (χ0n) is 13.4. The fourth-order valence-electron chi connectivity index (χ4n) is 2.35. The van der Waals surface area contributed by atoms with E-state index in [0.717, 1.165) is 31.0 Å². The lowest BCUT2D eigenvalue weighted by atomic mass is 10.1. The van der Waals surface area contributed by atoms with E-state index in [2.05, 4.69) is 10.3 Å². The number of nitrogens with two attached hydrogens (primary N) is 1. The molecule has 0 saturated carbocycles. The summed E-state index contributed by atoms with van der Waals surface area (Å²) in [6.45, 7) is 1.26. The Bertz CT molecular complexity index is 625. The number of carbonyl (C=O) groups excluding carboxylic acids is 2. The molecule has 2 amide bonds. The molecule has 0 spiro atoms. The van der Waals surface area contributed by atoms with Gasteiger partial charge in [0.2, 0.25) is 5.91 Å². The normalized spacial score (nSPS) is 14.9. The topological polar surface area (TPSA) is 112 Å². The van der Waals surface area contributed by atoms with Crippen LogP contribution in [0.1, 0.15) is 35.3 Å². The van der Waals surface area contributed by atoms with Gasteiger partial charge in [-0.1, -0.05) is 0 Å². The van der Waals surface area contributed by atoms with E-state index in [0.29, 0.717) is 18.5 Å². The van der Waals surface area contributed by atoms with E-state index in [1.54, 1.807) is 22.7 Å². The molecule has 128 valence electrons. The van der Waals surface area contributed by atoms with E-state index in [1.807, 2.05) is 6.07 Å². The first-order valence-corrected chi connectivity index (χ1v) is 9.03. The van der Waals surface area contributed by atoms with Crippen LogP contribution >= 0.6 is 11.8 Å². The van der Waals surface area contributed by atoms with Crippen molar-refractivity contribution >= 4 is 23.6 Å². The van der Waals surface area contributed by atoms with Crippen LogP contribution in [0.25, 0.3) is 0 Å². The molecule has 1 unspecified atom stereocenters. The lowest BCUT2D eigenvalue weighted by molar-refractivity contribution is -0.131. The lowest BCUT2D eigenvalue weighted by Gasteiger charge is -2.19. The minimum atomic E-state index is -0.464. The Morgan fingerprint density at radius 2 is 2.33 bits per heavy atom. The van der Waals surface area contributed by atoms with Crippen molar-refractivity contribution in [3.05, 3.63) is 29.6 Å². The maximum Gasteiger partial charge on any atom is 0.269 e. The molecule has 24 heavy (non-hydrogen) atoms. The zero-order chi connectivity index (χ0) is 17.4. The first kappa shape index (κ1) is 18.2. The monoisotopic (exact) mass is 347 g/mol. The Morgan fingerprint density at radius 3 is 3.04 bits per heavy atom. The van der Waals surface area contributed by atoms with Crippen LogP contribution in [0.5, 0.6) is 0 Å². The summed E-state index contributed by atoms with van der Waals surface area (Å²) >= 11 is 1.74. The van der Waals surface area contributed by atoms with Crippen LogP contribution in [0.2, 0.25) is 0 Å². The Balaban J connectivity index is 1.64. The van der Waals surface area contributed by atoms with E-state index in [1.165, 1.54) is 12.3 Å². The van der Waals surface area contributed by atoms with Gasteiger partial charge in [-0.05, 0) is 31.4 Å². The maximum atomic E-state index is 12.0. The van der Waals surface area contributed by atoms with Crippen molar-refractivity contribution in [2.75, 3.05) is 24.7 Å². The molecular weight excluding hydrogens is 326 g/mol. The highest BCUT2D eigenvalue weighted by atomic mass is 32.2. The van der Waals surface area contributed by atoms with Crippen LogP contribution in [-0.2, 0) is 4.79 Å². The SMILES string of the molecule is N#Cc1ccnc(C(=O)NCCCCC(N)C(=O)N2CCSC2)c1. The van der Waals surface area contributed by atoms with Gasteiger partial charge in [0.1, 0.15) is 5.69 Å². The number of pyridine rings is 1. The Hall–Kier alpha value is -2.11. The second-order valence-electron chi connectivity index (χ2n) is 5.54. The lowest BCUT2D eigenvalue weighted by Crippen LogP contribution is -2.42. The van der Waals surface area contributed by atoms with E-state index in [9.17, 15) is 9.59 Å². The first-order chi connectivity index (χ1) is 11.6. The van der Waals surface area contributed by atoms with Gasteiger partial charge >= 0.3 is 0 Å². The molecule has 1 atom stereocenters. The highest BCUT2D eigenvalue weighted by molar-refractivity contribution is 7.99. The molecule has 1 aromatic heterocycles. The van der Waals surface area contributed by atoms with E-state index >= 15 is 0 Å². The molecule has 0 aromatic carbocycles. The van der Waals surface area contributed by atoms with Crippen molar-refractivity contribution in [3.8, 4) is 6.07 Å². The summed E-state index contributed by atoms with van der Waals surface area (Å²) in [5.41, 5.74) is 6.57. The number of hydrogen-bond acceptors (Lipinski definition) is 6. The summed E-state index contributed by atoms with van der Waals surface area (Å²) in [6, 6.07) is 4.51. The Morgan fingerprint density at radius 1 is 1.50 bits per heavy atom. The van der Waals surface area contributed by atoms with Crippen LogP contribution in [-0.4, -0.2) is 52.5 Å². The minimum Gasteiger partial charge on any atom is -0.351 e. The third kappa shape index (κ3) is 5.22. The van der Waals surface area contributed by atoms with Gasteiger partial charge in [-0.3, -0.25) is 14.6 Å². The summed E-state index contributed by atoms with van der Waals surface area (Å²) in [6.07, 6.45) is 3.55. The molecule has 1 aliphatic heterocycles. The van der Waals surface area contributed by atoms with Crippen LogP contribution in [0.4, 0.5) is 0 Å². The van der Waals surface area contributed by atoms with E-state index < -0.39 is 6.04 Å². The second kappa shape index (κ2) is 9.25. The number of amides is 2. The highest BCUT2D eigenvalue weighted by Crippen LogP contribution is 2.15. The first-order valence-electron chi connectivity index (χ1n) is 7.88. The van der Waals surface area contributed by atoms with Gasteiger partial charge < -0.3 is 16.0 Å². The molecule has 0 aliphatic carbocycles. The number of nitrogens with one attached hydrogen (secondary N) is 1. The quantitative estimate of drug-likeness (QED) is 0.703. The van der Waals surface area contributed by atoms with Gasteiger partial charge in [-0.15, -0.1) is 11.8 Å². The molecule has 1 saturated heterocycles. The molecular formula is C16H21N5O2S. The second-order valence-corrected chi connectivity index (χ2v) is 6.61. The van der Waals surface area contributed by atoms with Gasteiger partial charge in [0.25, 0.3) is 5.91 Å². The average molecular weight is 347 g/mol. The average Bonchev–Trinajstić information content (AvgIpc) is 3.15. The van der Waals surface area contributed by atoms with Crippen LogP contribution in [0.3, 0.4) is 0 Å². The molecule has 1 fully saturated rings. The molecule has 3 N–H and O–H groups in total. The number of unbranched alkanes of at least 4 members (excludes halogenated alkanes) is 1. The molecule has 8 heteroatoms. The maximum absolute atomic E-state index is 12.0. The highest BCUT2D eigenvalue weighted by Gasteiger charge is 2.23. The van der Waals surface area contributed by atoms with Gasteiger partial charge in [0.05, 0.1) is 23.6 Å². The summed E-state index contributed by atoms with van der Waals surface area (Å²) in [4.78, 5) is 29.7. The Labute approximate surface area is 145 Å². The van der Waals surface area contributed by atoms with Gasteiger partial charge in [-0.2, -0.15) is 5.26 Å². The van der Waals surface area contributed by atoms with Crippen molar-refractivity contribution in [1.82, 2.24) is 15.2 Å². The smallest absolute Gasteiger partial charge is 0.269 e. The predicted molar refractivity (Wildman–Crippen MR) is 92.1 cm³/mol. The van der Waals surface area contributed by atoms with Crippen LogP contribution in [0, 0.1) is 11.3 Å². The van der Waals surface area contributed by atoms with Crippen molar-refractivity contribution in [1.29, 1.82) is 5.26 Å². The summed E-state index contributed by atoms with van der Waals surface area (Å²) < 4.78 is 0. The number of rotatable bonds is 7. The minimum absolute atomic E-state index is 0.0153. The summed E-state index contributed by atoms with van der Waals surface area (Å²) in [7, 11) is 0. The molecule has 7 nitrogen and oxygen atoms in total. The van der Waals surface area contributed by atoms with Crippen LogP contribution in [0.15, 0.2) is 18.3 Å². The number of carbonyl (C=O) groups is 2. The third-order valence-corrected chi connectivity index (χ3v) is 4.70. The molecule has 0 bridgehead atoms. The van der Waals surface area contributed by atoms with Gasteiger partial charge in [-0.25, -0.2) is 0 Å². The molecule has 0 radical (unpaired) electrons. The summed E-state index contributed by atoms with van der Waals surface area (Å²) in [5, 5.41) is 11.6. The predicted octanol–water partition coefficient (Wildman–Crippen LogP) is 0.714. The number of hydrogen-bond donors (Lipinski definition) is 2. The van der Waals surface area contributed by atoms with E-state index in [-0.39, 0.29) is 17.5 Å². The number of nitrogens with zero attached hydrogens (tertiary/aromatic N) is 3. The van der Waals surface area contributed by atoms with Gasteiger partial charge in [0.15, 0.2) is 0 Å². The van der Waals surface area contributed by atoms with Crippen molar-refractivity contribution in [2.24, 2.45) is 5.73 Å². The zero-order valence-corrected chi connectivity index (χ0v) is 14.2. The summed E-state index contributed by atoms with van der Waals surface area (Å²) in [5.74, 6) is 1.42. The molecule has 1 aromatic rings. The van der Waals surface area contributed by atoms with Crippen molar-refractivity contribution in [3.63, 3.8) is 0 Å². The standard InChI is InChI=1S/C16H21N5O2S/c17-10-12-4-6-19-14(9-12)15(22)20-5-2-1-3-13(18)16(23)21-7-8-24-11-21/h4,6,9,13H,1-3,5,7-8,11,18H2,(H,20,22). The number of thioether (sulfide) groups is 1. The fourth-order valence-corrected chi connectivity index (χ4v) is 3.31. The number of nitriles is 1. The number of aromatic nitrogens is 1. The molecule has 2 heterocycles. The van der Waals surface area contributed by atoms with Crippen molar-refractivity contribution in [2.45, 2.75) is 25.3 Å². The third-order valence-electron chi connectivity index (χ3n) is 3.73. The molecule has 2 rings (SSSR count). The largest absolute Gasteiger partial charge is 0.351 e. The Kier molecular flexibility index (Phi) is 7.03. The molecule has 1 aliphatic rings. The van der Waals surface area contributed by atoms with Gasteiger partial charge in [0, 0.05) is 25.0 Å². The van der Waals surface area contributed by atoms with E-state index in [4.69, 9.17) is 11.0 Å².